The van der Waals surface area contributed by atoms with E-state index < -0.39 is 0 Å². The van der Waals surface area contributed by atoms with Crippen molar-refractivity contribution in [3.8, 4) is 0 Å². The van der Waals surface area contributed by atoms with Crippen LogP contribution in [0.3, 0.4) is 0 Å². The molecular weight excluding hydrogens is 378 g/mol. The Morgan fingerprint density at radius 1 is 1.07 bits per heavy atom. The average Bonchev–Trinajstić information content (AvgIpc) is 3.66. The number of hydrogen-bond acceptors (Lipinski definition) is 4. The lowest BCUT2D eigenvalue weighted by Gasteiger charge is -2.22. The van der Waals surface area contributed by atoms with Crippen molar-refractivity contribution in [3.05, 3.63) is 12.2 Å². The lowest BCUT2D eigenvalue weighted by Crippen LogP contribution is -2.43. The number of nitrogens with one attached hydrogen (secondary N) is 2. The molecule has 1 saturated heterocycles. The van der Waals surface area contributed by atoms with Crippen molar-refractivity contribution < 1.29 is 9.59 Å². The van der Waals surface area contributed by atoms with Crippen molar-refractivity contribution in [1.29, 1.82) is 0 Å². The Balaban J connectivity index is 1.01. The highest BCUT2D eigenvalue weighted by Crippen LogP contribution is 2.52. The maximum Gasteiger partial charge on any atom is 0.233 e. The second-order valence-corrected chi connectivity index (χ2v) is 9.78. The van der Waals surface area contributed by atoms with Crippen LogP contribution in [-0.2, 0) is 9.59 Å². The van der Waals surface area contributed by atoms with Crippen LogP contribution in [0, 0.1) is 29.6 Å². The molecule has 5 rings (SSSR count). The average molecular weight is 414 g/mol. The quantitative estimate of drug-likeness (QED) is 0.185. The Labute approximate surface area is 179 Å². The molecule has 4 aliphatic carbocycles. The predicted molar refractivity (Wildman–Crippen MR) is 116 cm³/mol. The minimum Gasteiger partial charge on any atom is -0.356 e. The SMILES string of the molecule is CN=C(NCCCN1C(=O)C2C3C=CC(C3)C2C1=O)NCCN(CC1CC1)C1CC1. The predicted octanol–water partition coefficient (Wildman–Crippen LogP) is 1.22. The summed E-state index contributed by atoms with van der Waals surface area (Å²) in [6.45, 7) is 4.43. The van der Waals surface area contributed by atoms with Gasteiger partial charge in [-0.05, 0) is 56.3 Å². The van der Waals surface area contributed by atoms with E-state index in [0.717, 1.165) is 43.9 Å². The third kappa shape index (κ3) is 4.01. The zero-order chi connectivity index (χ0) is 20.7. The molecule has 7 heteroatoms. The van der Waals surface area contributed by atoms with Gasteiger partial charge in [0.05, 0.1) is 11.8 Å². The van der Waals surface area contributed by atoms with E-state index in [2.05, 4.69) is 32.7 Å². The fourth-order valence-corrected chi connectivity index (χ4v) is 5.66. The van der Waals surface area contributed by atoms with Crippen LogP contribution >= 0.6 is 0 Å². The minimum absolute atomic E-state index is 0.0557. The molecule has 0 radical (unpaired) electrons. The van der Waals surface area contributed by atoms with E-state index in [9.17, 15) is 9.59 Å². The molecule has 1 heterocycles. The number of allylic oxidation sites excluding steroid dienone is 2. The van der Waals surface area contributed by atoms with Gasteiger partial charge in [-0.15, -0.1) is 0 Å². The molecule has 1 aliphatic heterocycles. The monoisotopic (exact) mass is 413 g/mol. The molecule has 7 nitrogen and oxygen atoms in total. The molecule has 2 bridgehead atoms. The fraction of sp³-hybridized carbons (Fsp3) is 0.783. The highest BCUT2D eigenvalue weighted by molar-refractivity contribution is 6.06. The molecule has 0 spiro atoms. The van der Waals surface area contributed by atoms with E-state index in [1.165, 1.54) is 37.1 Å². The number of aliphatic imine (C=N–C) groups is 1. The van der Waals surface area contributed by atoms with Crippen LogP contribution in [0.1, 0.15) is 38.5 Å². The van der Waals surface area contributed by atoms with E-state index in [-0.39, 0.29) is 35.5 Å². The number of rotatable bonds is 10. The second kappa shape index (κ2) is 8.33. The van der Waals surface area contributed by atoms with Gasteiger partial charge in [0.15, 0.2) is 5.96 Å². The van der Waals surface area contributed by atoms with Gasteiger partial charge in [0.1, 0.15) is 0 Å². The van der Waals surface area contributed by atoms with Gasteiger partial charge in [0, 0.05) is 45.8 Å². The van der Waals surface area contributed by atoms with Crippen molar-refractivity contribution in [2.24, 2.45) is 34.6 Å². The maximum atomic E-state index is 12.7. The highest BCUT2D eigenvalue weighted by Gasteiger charge is 2.58. The Bertz CT molecular complexity index is 712. The third-order valence-corrected chi connectivity index (χ3v) is 7.58. The number of fused-ring (bicyclic) bond motifs is 5. The van der Waals surface area contributed by atoms with Crippen molar-refractivity contribution >= 4 is 17.8 Å². The highest BCUT2D eigenvalue weighted by atomic mass is 16.2. The van der Waals surface area contributed by atoms with Gasteiger partial charge in [-0.1, -0.05) is 12.2 Å². The van der Waals surface area contributed by atoms with Crippen molar-refractivity contribution in [1.82, 2.24) is 20.4 Å². The van der Waals surface area contributed by atoms with Gasteiger partial charge in [-0.2, -0.15) is 0 Å². The summed E-state index contributed by atoms with van der Waals surface area (Å²) >= 11 is 0. The van der Waals surface area contributed by atoms with Gasteiger partial charge in [-0.25, -0.2) is 0 Å². The zero-order valence-corrected chi connectivity index (χ0v) is 18.1. The summed E-state index contributed by atoms with van der Waals surface area (Å²) < 4.78 is 0. The maximum absolute atomic E-state index is 12.7. The number of imide groups is 1. The molecule has 2 amide bonds. The van der Waals surface area contributed by atoms with Gasteiger partial charge < -0.3 is 10.6 Å². The molecule has 4 fully saturated rings. The minimum atomic E-state index is -0.0834. The molecule has 0 aromatic rings. The summed E-state index contributed by atoms with van der Waals surface area (Å²) in [5.41, 5.74) is 0. The Morgan fingerprint density at radius 2 is 1.73 bits per heavy atom. The molecule has 0 aromatic carbocycles. The zero-order valence-electron chi connectivity index (χ0n) is 18.1. The first-order valence-electron chi connectivity index (χ1n) is 11.9. The van der Waals surface area contributed by atoms with Gasteiger partial charge in [0.2, 0.25) is 11.8 Å². The fourth-order valence-electron chi connectivity index (χ4n) is 5.66. The summed E-state index contributed by atoms with van der Waals surface area (Å²) in [5, 5.41) is 6.75. The van der Waals surface area contributed by atoms with E-state index in [1.807, 2.05) is 0 Å². The summed E-state index contributed by atoms with van der Waals surface area (Å²) in [6.07, 6.45) is 11.5. The van der Waals surface area contributed by atoms with Crippen LogP contribution in [-0.4, -0.2) is 73.4 Å². The molecule has 0 aromatic heterocycles. The number of hydrogen-bond donors (Lipinski definition) is 2. The molecule has 3 saturated carbocycles. The molecule has 164 valence electrons. The first kappa shape index (κ1) is 20.0. The number of likely N-dealkylation sites (tertiary alicyclic amines) is 1. The van der Waals surface area contributed by atoms with E-state index in [4.69, 9.17) is 0 Å². The van der Waals surface area contributed by atoms with Crippen LogP contribution in [0.5, 0.6) is 0 Å². The van der Waals surface area contributed by atoms with Gasteiger partial charge in [0.25, 0.3) is 0 Å². The molecule has 30 heavy (non-hydrogen) atoms. The van der Waals surface area contributed by atoms with Crippen molar-refractivity contribution in [3.63, 3.8) is 0 Å². The van der Waals surface area contributed by atoms with Crippen molar-refractivity contribution in [2.45, 2.75) is 44.6 Å². The smallest absolute Gasteiger partial charge is 0.233 e. The van der Waals surface area contributed by atoms with Gasteiger partial charge in [-0.3, -0.25) is 24.4 Å². The Morgan fingerprint density at radius 3 is 2.33 bits per heavy atom. The molecule has 4 unspecified atom stereocenters. The van der Waals surface area contributed by atoms with Crippen LogP contribution in [0.2, 0.25) is 0 Å². The molecule has 5 aliphatic rings. The number of carbonyl (C=O) groups is 2. The lowest BCUT2D eigenvalue weighted by atomic mass is 9.85. The molecular formula is C23H35N5O2. The number of amides is 2. The van der Waals surface area contributed by atoms with Crippen LogP contribution in [0.15, 0.2) is 17.1 Å². The number of nitrogens with zero attached hydrogens (tertiary/aromatic N) is 3. The van der Waals surface area contributed by atoms with E-state index >= 15 is 0 Å². The Hall–Kier alpha value is -1.89. The van der Waals surface area contributed by atoms with Gasteiger partial charge >= 0.3 is 0 Å². The largest absolute Gasteiger partial charge is 0.356 e. The third-order valence-electron chi connectivity index (χ3n) is 7.58. The van der Waals surface area contributed by atoms with Crippen LogP contribution in [0.25, 0.3) is 0 Å². The summed E-state index contributed by atoms with van der Waals surface area (Å²) in [5.74, 6) is 2.26. The topological polar surface area (TPSA) is 77.0 Å². The molecule has 2 N–H and O–H groups in total. The lowest BCUT2D eigenvalue weighted by molar-refractivity contribution is -0.140. The first-order valence-corrected chi connectivity index (χ1v) is 11.9. The molecule has 4 atom stereocenters. The summed E-state index contributed by atoms with van der Waals surface area (Å²) in [6, 6.07) is 0.808. The number of carbonyl (C=O) groups excluding carboxylic acids is 2. The number of guanidine groups is 1. The first-order chi connectivity index (χ1) is 14.7. The standard InChI is InChI=1S/C23H35N5O2/c1-24-23(26-10-12-27(18-7-8-18)14-15-3-4-15)25-9-2-11-28-21(29)19-16-5-6-17(13-16)20(19)22(28)30/h5-6,15-20H,2-4,7-14H2,1H3,(H2,24,25,26). The van der Waals surface area contributed by atoms with Crippen LogP contribution in [0.4, 0.5) is 0 Å². The van der Waals surface area contributed by atoms with E-state index in [0.29, 0.717) is 13.1 Å². The normalized spacial score (nSPS) is 32.5. The van der Waals surface area contributed by atoms with Crippen LogP contribution < -0.4 is 10.6 Å². The van der Waals surface area contributed by atoms with E-state index in [1.54, 1.807) is 7.05 Å². The second-order valence-electron chi connectivity index (χ2n) is 9.78. The summed E-state index contributed by atoms with van der Waals surface area (Å²) in [4.78, 5) is 33.9. The Kier molecular flexibility index (Phi) is 5.56. The summed E-state index contributed by atoms with van der Waals surface area (Å²) in [7, 11) is 1.79. The van der Waals surface area contributed by atoms with Crippen molar-refractivity contribution in [2.75, 3.05) is 39.8 Å².